The minimum absolute atomic E-state index is 0.0749. The molecule has 0 aromatic heterocycles. The van der Waals surface area contributed by atoms with Crippen molar-refractivity contribution in [3.05, 3.63) is 77.9 Å². The molecule has 9 heteroatoms. The lowest BCUT2D eigenvalue weighted by Crippen LogP contribution is -2.61. The third-order valence-corrected chi connectivity index (χ3v) is 5.56. The minimum atomic E-state index is -4.53. The van der Waals surface area contributed by atoms with Gasteiger partial charge in [0.15, 0.2) is 11.5 Å². The fourth-order valence-corrected chi connectivity index (χ4v) is 3.92. The van der Waals surface area contributed by atoms with Gasteiger partial charge in [0.25, 0.3) is 5.91 Å². The number of carbonyl (C=O) groups is 1. The van der Waals surface area contributed by atoms with E-state index in [0.29, 0.717) is 28.6 Å². The Morgan fingerprint density at radius 2 is 1.67 bits per heavy atom. The summed E-state index contributed by atoms with van der Waals surface area (Å²) in [5.74, 6) is 1.67. The van der Waals surface area contributed by atoms with Crippen molar-refractivity contribution in [1.82, 2.24) is 0 Å². The molecule has 1 saturated heterocycles. The summed E-state index contributed by atoms with van der Waals surface area (Å²) < 4.78 is 61.7. The number of ether oxygens (including phenoxy) is 4. The van der Waals surface area contributed by atoms with Crippen LogP contribution in [0, 0.1) is 0 Å². The highest BCUT2D eigenvalue weighted by Gasteiger charge is 2.51. The van der Waals surface area contributed by atoms with Gasteiger partial charge < -0.3 is 18.9 Å². The van der Waals surface area contributed by atoms with Gasteiger partial charge in [-0.3, -0.25) is 9.69 Å². The number of β-lactam (4-membered cyclic amide) rings is 1. The number of amides is 1. The lowest BCUT2D eigenvalue weighted by molar-refractivity contribution is -0.138. The first-order chi connectivity index (χ1) is 15.8. The second kappa shape index (κ2) is 7.91. The fourth-order valence-electron chi connectivity index (χ4n) is 3.92. The summed E-state index contributed by atoms with van der Waals surface area (Å²) in [5, 5.41) is 0. The number of fused-ring (bicyclic) bond motifs is 1. The molecule has 1 amide bonds. The van der Waals surface area contributed by atoms with E-state index in [1.165, 1.54) is 24.1 Å². The molecule has 2 heterocycles. The van der Waals surface area contributed by atoms with E-state index in [4.69, 9.17) is 18.9 Å². The largest absolute Gasteiger partial charge is 0.497 e. The van der Waals surface area contributed by atoms with Crippen LogP contribution in [0.3, 0.4) is 0 Å². The van der Waals surface area contributed by atoms with Gasteiger partial charge in [-0.25, -0.2) is 0 Å². The maximum Gasteiger partial charge on any atom is 0.416 e. The number of rotatable bonds is 5. The standard InChI is InChI=1S/C24H18F3NO5/c1-30-17-6-8-18(9-7-17)33-22-21(14-5-10-19-20(11-14)32-13-31-19)28(23(22)29)16-4-2-3-15(12-16)24(25,26)27/h2-12,21-22H,13H2,1H3/t21-,22-/m1/s1. The molecule has 170 valence electrons. The van der Waals surface area contributed by atoms with E-state index in [1.807, 2.05) is 0 Å². The zero-order valence-electron chi connectivity index (χ0n) is 17.3. The van der Waals surface area contributed by atoms with Crippen molar-refractivity contribution < 1.29 is 36.9 Å². The molecule has 2 aliphatic heterocycles. The zero-order chi connectivity index (χ0) is 23.2. The van der Waals surface area contributed by atoms with E-state index >= 15 is 0 Å². The third kappa shape index (κ3) is 3.79. The zero-order valence-corrected chi connectivity index (χ0v) is 17.3. The number of hydrogen-bond acceptors (Lipinski definition) is 5. The van der Waals surface area contributed by atoms with Crippen molar-refractivity contribution in [2.24, 2.45) is 0 Å². The molecule has 0 spiro atoms. The molecule has 0 radical (unpaired) electrons. The van der Waals surface area contributed by atoms with Crippen LogP contribution in [0.1, 0.15) is 17.2 Å². The summed E-state index contributed by atoms with van der Waals surface area (Å²) in [5.41, 5.74) is -0.0568. The summed E-state index contributed by atoms with van der Waals surface area (Å²) in [7, 11) is 1.54. The smallest absolute Gasteiger partial charge is 0.416 e. The molecule has 3 aromatic rings. The molecule has 6 nitrogen and oxygen atoms in total. The molecule has 0 saturated carbocycles. The number of alkyl halides is 3. The second-order valence-corrected chi connectivity index (χ2v) is 7.53. The monoisotopic (exact) mass is 457 g/mol. The summed E-state index contributed by atoms with van der Waals surface area (Å²) in [4.78, 5) is 14.4. The van der Waals surface area contributed by atoms with Crippen LogP contribution >= 0.6 is 0 Å². The van der Waals surface area contributed by atoms with Crippen LogP contribution in [0.2, 0.25) is 0 Å². The Labute approximate surface area is 187 Å². The van der Waals surface area contributed by atoms with Gasteiger partial charge in [0.1, 0.15) is 17.5 Å². The predicted octanol–water partition coefficient (Wildman–Crippen LogP) is 4.98. The average Bonchev–Trinajstić information content (AvgIpc) is 3.28. The summed E-state index contributed by atoms with van der Waals surface area (Å²) >= 11 is 0. The van der Waals surface area contributed by atoms with Gasteiger partial charge in [-0.2, -0.15) is 13.2 Å². The van der Waals surface area contributed by atoms with Crippen molar-refractivity contribution in [2.45, 2.75) is 18.3 Å². The van der Waals surface area contributed by atoms with Crippen LogP contribution in [0.25, 0.3) is 0 Å². The Morgan fingerprint density at radius 1 is 0.939 bits per heavy atom. The molecule has 1 fully saturated rings. The number of hydrogen-bond donors (Lipinski definition) is 0. The van der Waals surface area contributed by atoms with E-state index < -0.39 is 29.8 Å². The molecule has 5 rings (SSSR count). The van der Waals surface area contributed by atoms with Gasteiger partial charge in [0.05, 0.1) is 12.7 Å². The van der Waals surface area contributed by atoms with E-state index in [2.05, 4.69) is 0 Å². The molecule has 2 atom stereocenters. The molecule has 33 heavy (non-hydrogen) atoms. The molecule has 0 bridgehead atoms. The molecule has 0 unspecified atom stereocenters. The number of benzene rings is 3. The van der Waals surface area contributed by atoms with E-state index in [-0.39, 0.29) is 12.5 Å². The fraction of sp³-hybridized carbons (Fsp3) is 0.208. The number of halogens is 3. The van der Waals surface area contributed by atoms with Gasteiger partial charge in [-0.1, -0.05) is 12.1 Å². The van der Waals surface area contributed by atoms with Crippen LogP contribution in [0.4, 0.5) is 18.9 Å². The van der Waals surface area contributed by atoms with Crippen molar-refractivity contribution in [3.8, 4) is 23.0 Å². The Hall–Kier alpha value is -3.88. The van der Waals surface area contributed by atoms with E-state index in [0.717, 1.165) is 12.1 Å². The highest BCUT2D eigenvalue weighted by molar-refractivity contribution is 6.05. The van der Waals surface area contributed by atoms with Gasteiger partial charge in [-0.15, -0.1) is 0 Å². The highest BCUT2D eigenvalue weighted by atomic mass is 19.4. The van der Waals surface area contributed by atoms with Gasteiger partial charge in [0, 0.05) is 5.69 Å². The third-order valence-electron chi connectivity index (χ3n) is 5.56. The lowest BCUT2D eigenvalue weighted by atomic mass is 9.89. The van der Waals surface area contributed by atoms with Gasteiger partial charge in [0.2, 0.25) is 12.9 Å². The topological polar surface area (TPSA) is 57.2 Å². The van der Waals surface area contributed by atoms with Crippen LogP contribution in [0.5, 0.6) is 23.0 Å². The lowest BCUT2D eigenvalue weighted by Gasteiger charge is -2.46. The summed E-state index contributed by atoms with van der Waals surface area (Å²) in [6.45, 7) is 0.0749. The first-order valence-corrected chi connectivity index (χ1v) is 10.1. The molecular formula is C24H18F3NO5. The van der Waals surface area contributed by atoms with E-state index in [1.54, 1.807) is 42.5 Å². The highest BCUT2D eigenvalue weighted by Crippen LogP contribution is 2.45. The first kappa shape index (κ1) is 21.0. The minimum Gasteiger partial charge on any atom is -0.497 e. The molecule has 2 aliphatic rings. The van der Waals surface area contributed by atoms with Gasteiger partial charge >= 0.3 is 6.18 Å². The molecular weight excluding hydrogens is 439 g/mol. The molecule has 3 aromatic carbocycles. The summed E-state index contributed by atoms with van der Waals surface area (Å²) in [6.07, 6.45) is -5.47. The maximum absolute atomic E-state index is 13.3. The molecule has 0 aliphatic carbocycles. The van der Waals surface area contributed by atoms with Gasteiger partial charge in [-0.05, 0) is 60.2 Å². The Bertz CT molecular complexity index is 1200. The van der Waals surface area contributed by atoms with Crippen LogP contribution in [-0.4, -0.2) is 25.9 Å². The number of methoxy groups -OCH3 is 1. The Morgan fingerprint density at radius 3 is 2.39 bits per heavy atom. The van der Waals surface area contributed by atoms with Crippen LogP contribution in [-0.2, 0) is 11.0 Å². The van der Waals surface area contributed by atoms with Crippen molar-refractivity contribution in [2.75, 3.05) is 18.8 Å². The first-order valence-electron chi connectivity index (χ1n) is 10.1. The maximum atomic E-state index is 13.3. The average molecular weight is 457 g/mol. The van der Waals surface area contributed by atoms with Crippen molar-refractivity contribution in [3.63, 3.8) is 0 Å². The SMILES string of the molecule is COc1ccc(O[C@H]2C(=O)N(c3cccc(C(F)(F)F)c3)[C@@H]2c2ccc3c(c2)OCO3)cc1. The van der Waals surface area contributed by atoms with Crippen LogP contribution in [0.15, 0.2) is 66.7 Å². The Balaban J connectivity index is 1.51. The molecule has 0 N–H and O–H groups in total. The number of nitrogens with zero attached hydrogens (tertiary/aromatic N) is 1. The number of anilines is 1. The van der Waals surface area contributed by atoms with Crippen molar-refractivity contribution >= 4 is 11.6 Å². The Kier molecular flexibility index (Phi) is 5.03. The van der Waals surface area contributed by atoms with Crippen molar-refractivity contribution in [1.29, 1.82) is 0 Å². The predicted molar refractivity (Wildman–Crippen MR) is 112 cm³/mol. The quantitative estimate of drug-likeness (QED) is 0.506. The normalized spacial score (nSPS) is 19.3. The summed E-state index contributed by atoms with van der Waals surface area (Å²) in [6, 6.07) is 15.9. The van der Waals surface area contributed by atoms with E-state index in [9.17, 15) is 18.0 Å². The number of carbonyl (C=O) groups excluding carboxylic acids is 1. The van der Waals surface area contributed by atoms with Crippen LogP contribution < -0.4 is 23.8 Å². The second-order valence-electron chi connectivity index (χ2n) is 7.53.